The molecule has 2 rings (SSSR count). The molecule has 104 valence electrons. The molecule has 0 aliphatic heterocycles. The monoisotopic (exact) mass is 275 g/mol. The average Bonchev–Trinajstić information content (AvgIpc) is 2.45. The number of rotatable bonds is 4. The van der Waals surface area contributed by atoms with Crippen molar-refractivity contribution in [2.45, 2.75) is 6.92 Å². The first-order chi connectivity index (χ1) is 9.56. The molecule has 0 bridgehead atoms. The van der Waals surface area contributed by atoms with Crippen LogP contribution in [0, 0.1) is 17.0 Å². The smallest absolute Gasteiger partial charge is 0.316 e. The maximum absolute atomic E-state index is 11.2. The molecule has 0 amide bonds. The number of hydrogen-bond acceptors (Lipinski definition) is 7. The van der Waals surface area contributed by atoms with E-state index in [4.69, 9.17) is 4.74 Å². The summed E-state index contributed by atoms with van der Waals surface area (Å²) in [5, 5.41) is 14.0. The second kappa shape index (κ2) is 5.47. The van der Waals surface area contributed by atoms with Crippen LogP contribution in [0.5, 0.6) is 5.75 Å². The van der Waals surface area contributed by atoms with E-state index in [0.717, 1.165) is 0 Å². The SMILES string of the molecule is CNc1nc(C)c([N+](=O)[O-])c(-c2cncc(OC)c2)n1. The number of hydrogen-bond donors (Lipinski definition) is 1. The molecule has 0 fully saturated rings. The van der Waals surface area contributed by atoms with E-state index in [2.05, 4.69) is 20.3 Å². The molecule has 0 spiro atoms. The quantitative estimate of drug-likeness (QED) is 0.670. The second-order valence-corrected chi connectivity index (χ2v) is 3.95. The molecule has 0 unspecified atom stereocenters. The van der Waals surface area contributed by atoms with Crippen LogP contribution >= 0.6 is 0 Å². The number of nitrogens with one attached hydrogen (secondary N) is 1. The Labute approximate surface area is 115 Å². The summed E-state index contributed by atoms with van der Waals surface area (Å²) < 4.78 is 5.07. The average molecular weight is 275 g/mol. The summed E-state index contributed by atoms with van der Waals surface area (Å²) in [6.45, 7) is 1.57. The van der Waals surface area contributed by atoms with Crippen molar-refractivity contribution in [1.82, 2.24) is 15.0 Å². The predicted molar refractivity (Wildman–Crippen MR) is 72.8 cm³/mol. The first kappa shape index (κ1) is 13.7. The Bertz CT molecular complexity index is 660. The van der Waals surface area contributed by atoms with Crippen LogP contribution in [0.4, 0.5) is 11.6 Å². The number of methoxy groups -OCH3 is 1. The van der Waals surface area contributed by atoms with Gasteiger partial charge >= 0.3 is 5.69 Å². The second-order valence-electron chi connectivity index (χ2n) is 3.95. The summed E-state index contributed by atoms with van der Waals surface area (Å²) in [6.07, 6.45) is 3.01. The van der Waals surface area contributed by atoms with Gasteiger partial charge in [-0.1, -0.05) is 0 Å². The number of nitro groups is 1. The van der Waals surface area contributed by atoms with Gasteiger partial charge in [0, 0.05) is 18.8 Å². The highest BCUT2D eigenvalue weighted by Gasteiger charge is 2.23. The zero-order valence-electron chi connectivity index (χ0n) is 11.2. The number of ether oxygens (including phenoxy) is 1. The maximum atomic E-state index is 11.2. The lowest BCUT2D eigenvalue weighted by molar-refractivity contribution is -0.385. The van der Waals surface area contributed by atoms with Gasteiger partial charge in [0.2, 0.25) is 5.95 Å². The van der Waals surface area contributed by atoms with Crippen molar-refractivity contribution < 1.29 is 9.66 Å². The summed E-state index contributed by atoms with van der Waals surface area (Å²) >= 11 is 0. The first-order valence-corrected chi connectivity index (χ1v) is 5.77. The van der Waals surface area contributed by atoms with Crippen LogP contribution < -0.4 is 10.1 Å². The van der Waals surface area contributed by atoms with Gasteiger partial charge in [-0.15, -0.1) is 0 Å². The maximum Gasteiger partial charge on any atom is 0.316 e. The normalized spacial score (nSPS) is 10.2. The van der Waals surface area contributed by atoms with Crippen LogP contribution in [0.15, 0.2) is 18.5 Å². The molecule has 2 aromatic rings. The van der Waals surface area contributed by atoms with Crippen molar-refractivity contribution in [2.24, 2.45) is 0 Å². The molecule has 0 aliphatic carbocycles. The van der Waals surface area contributed by atoms with E-state index < -0.39 is 4.92 Å². The summed E-state index contributed by atoms with van der Waals surface area (Å²) in [5.74, 6) is 0.810. The predicted octanol–water partition coefficient (Wildman–Crippen LogP) is 1.81. The van der Waals surface area contributed by atoms with E-state index in [1.165, 1.54) is 19.5 Å². The van der Waals surface area contributed by atoms with Gasteiger partial charge in [-0.3, -0.25) is 15.1 Å². The molecule has 0 radical (unpaired) electrons. The van der Waals surface area contributed by atoms with E-state index in [0.29, 0.717) is 17.3 Å². The van der Waals surface area contributed by atoms with Gasteiger partial charge in [0.1, 0.15) is 11.4 Å². The molecule has 8 heteroatoms. The Morgan fingerprint density at radius 3 is 2.70 bits per heavy atom. The Hall–Kier alpha value is -2.77. The molecule has 0 aliphatic rings. The standard InChI is InChI=1S/C12H13N5O3/c1-7-11(17(18)19)10(16-12(13-2)15-7)8-4-9(20-3)6-14-5-8/h4-6H,1-3H3,(H,13,15,16). The summed E-state index contributed by atoms with van der Waals surface area (Å²) in [6, 6.07) is 1.64. The third kappa shape index (κ3) is 2.48. The first-order valence-electron chi connectivity index (χ1n) is 5.77. The van der Waals surface area contributed by atoms with Gasteiger partial charge < -0.3 is 10.1 Å². The van der Waals surface area contributed by atoms with E-state index in [-0.39, 0.29) is 17.1 Å². The van der Waals surface area contributed by atoms with Crippen LogP contribution in [0.25, 0.3) is 11.3 Å². The minimum atomic E-state index is -0.496. The van der Waals surface area contributed by atoms with Crippen molar-refractivity contribution in [1.29, 1.82) is 0 Å². The van der Waals surface area contributed by atoms with Crippen LogP contribution in [0.2, 0.25) is 0 Å². The Kier molecular flexibility index (Phi) is 3.74. The van der Waals surface area contributed by atoms with Crippen molar-refractivity contribution >= 4 is 11.6 Å². The number of nitrogens with zero attached hydrogens (tertiary/aromatic N) is 4. The number of aromatic nitrogens is 3. The van der Waals surface area contributed by atoms with Crippen molar-refractivity contribution in [3.8, 4) is 17.0 Å². The molecule has 0 saturated heterocycles. The third-order valence-corrected chi connectivity index (χ3v) is 2.69. The van der Waals surface area contributed by atoms with Crippen LogP contribution in [-0.4, -0.2) is 34.0 Å². The van der Waals surface area contributed by atoms with Gasteiger partial charge in [-0.25, -0.2) is 9.97 Å². The highest BCUT2D eigenvalue weighted by molar-refractivity contribution is 5.72. The summed E-state index contributed by atoms with van der Waals surface area (Å²) in [5.41, 5.74) is 0.850. The summed E-state index contributed by atoms with van der Waals surface area (Å²) in [7, 11) is 3.15. The number of pyridine rings is 1. The minimum absolute atomic E-state index is 0.140. The fourth-order valence-electron chi connectivity index (χ4n) is 1.76. The topological polar surface area (TPSA) is 103 Å². The Balaban J connectivity index is 2.69. The molecule has 0 atom stereocenters. The van der Waals surface area contributed by atoms with Gasteiger partial charge in [0.25, 0.3) is 0 Å². The zero-order chi connectivity index (χ0) is 14.7. The van der Waals surface area contributed by atoms with Gasteiger partial charge in [0.05, 0.1) is 18.2 Å². The van der Waals surface area contributed by atoms with E-state index in [1.807, 2.05) is 0 Å². The minimum Gasteiger partial charge on any atom is -0.495 e. The zero-order valence-corrected chi connectivity index (χ0v) is 11.2. The summed E-state index contributed by atoms with van der Waals surface area (Å²) in [4.78, 5) is 22.9. The van der Waals surface area contributed by atoms with Gasteiger partial charge in [-0.2, -0.15) is 0 Å². The molecule has 0 aromatic carbocycles. The molecule has 8 nitrogen and oxygen atoms in total. The molecule has 1 N–H and O–H groups in total. The third-order valence-electron chi connectivity index (χ3n) is 2.69. The highest BCUT2D eigenvalue weighted by Crippen LogP contribution is 2.32. The Morgan fingerprint density at radius 2 is 2.10 bits per heavy atom. The van der Waals surface area contributed by atoms with Crippen molar-refractivity contribution in [3.05, 3.63) is 34.3 Å². The van der Waals surface area contributed by atoms with Crippen molar-refractivity contribution in [2.75, 3.05) is 19.5 Å². The number of anilines is 1. The van der Waals surface area contributed by atoms with Crippen molar-refractivity contribution in [3.63, 3.8) is 0 Å². The molecule has 2 aromatic heterocycles. The van der Waals surface area contributed by atoms with Gasteiger partial charge in [-0.05, 0) is 13.0 Å². The van der Waals surface area contributed by atoms with E-state index in [9.17, 15) is 10.1 Å². The van der Waals surface area contributed by atoms with Crippen LogP contribution in [-0.2, 0) is 0 Å². The van der Waals surface area contributed by atoms with Crippen LogP contribution in [0.3, 0.4) is 0 Å². The van der Waals surface area contributed by atoms with E-state index >= 15 is 0 Å². The van der Waals surface area contributed by atoms with Crippen LogP contribution in [0.1, 0.15) is 5.69 Å². The Morgan fingerprint density at radius 1 is 1.35 bits per heavy atom. The molecule has 0 saturated carbocycles. The highest BCUT2D eigenvalue weighted by atomic mass is 16.6. The lowest BCUT2D eigenvalue weighted by Gasteiger charge is -2.08. The molecule has 2 heterocycles. The molecule has 20 heavy (non-hydrogen) atoms. The largest absolute Gasteiger partial charge is 0.495 e. The lowest BCUT2D eigenvalue weighted by Crippen LogP contribution is -2.05. The molecular formula is C12H13N5O3. The fraction of sp³-hybridized carbons (Fsp3) is 0.250. The van der Waals surface area contributed by atoms with E-state index in [1.54, 1.807) is 20.0 Å². The van der Waals surface area contributed by atoms with Gasteiger partial charge in [0.15, 0.2) is 5.69 Å². The lowest BCUT2D eigenvalue weighted by atomic mass is 10.1. The molecular weight excluding hydrogens is 262 g/mol. The fourth-order valence-corrected chi connectivity index (χ4v) is 1.76. The number of aryl methyl sites for hydroxylation is 1.